The first kappa shape index (κ1) is 57.9. The summed E-state index contributed by atoms with van der Waals surface area (Å²) in [6.07, 6.45) is 0. The molecule has 2 aromatic carbocycles. The third-order valence-electron chi connectivity index (χ3n) is 1.87. The Balaban J connectivity index is -0.0000000313. The SMILES string of the molecule is Nc1ccc(N)cc1.Nc1ccc(N)cc1.O=S(=O)([O-])[O-].[CH2-]C.[CH2-]C.[CH2-]C.[CH2-]C.[Fe+2].[Fe+2].[NH4+].[NH4+]. The summed E-state index contributed by atoms with van der Waals surface area (Å²) in [4.78, 5) is 0. The van der Waals surface area contributed by atoms with E-state index in [4.69, 9.17) is 40.5 Å². The summed E-state index contributed by atoms with van der Waals surface area (Å²) < 4.78 is 34.1. The number of nitrogens with two attached hydrogens (primary N) is 4. The third kappa shape index (κ3) is 72.4. The molecule has 0 fully saturated rings. The molecule has 0 aliphatic rings. The molecule has 0 saturated heterocycles. The van der Waals surface area contributed by atoms with Crippen molar-refractivity contribution < 1.29 is 51.7 Å². The summed E-state index contributed by atoms with van der Waals surface area (Å²) in [6, 6.07) is 14.2. The Morgan fingerprint density at radius 3 is 0.636 bits per heavy atom. The molecule has 0 atom stereocenters. The fourth-order valence-corrected chi connectivity index (χ4v) is 0.992. The van der Waals surface area contributed by atoms with E-state index in [1.807, 2.05) is 0 Å². The van der Waals surface area contributed by atoms with E-state index in [1.165, 1.54) is 0 Å². The van der Waals surface area contributed by atoms with Crippen LogP contribution in [0.15, 0.2) is 48.5 Å². The van der Waals surface area contributed by atoms with Gasteiger partial charge in [-0.2, -0.15) is 27.7 Å². The summed E-state index contributed by atoms with van der Waals surface area (Å²) >= 11 is 0. The van der Waals surface area contributed by atoms with Gasteiger partial charge in [-0.15, -0.1) is 0 Å². The molecule has 0 radical (unpaired) electrons. The van der Waals surface area contributed by atoms with Gasteiger partial charge in [-0.25, -0.2) is 0 Å². The minimum absolute atomic E-state index is 0. The van der Waals surface area contributed by atoms with Crippen LogP contribution in [0.3, 0.4) is 0 Å². The van der Waals surface area contributed by atoms with Gasteiger partial charge in [0.05, 0.1) is 0 Å². The number of benzene rings is 2. The minimum Gasteiger partial charge on any atom is -0.759 e. The van der Waals surface area contributed by atoms with Gasteiger partial charge < -0.3 is 72.0 Å². The van der Waals surface area contributed by atoms with Gasteiger partial charge in [-0.05, 0) is 48.5 Å². The summed E-state index contributed by atoms with van der Waals surface area (Å²) in [6.45, 7) is 20.0. The first-order valence-electron chi connectivity index (χ1n) is 8.29. The van der Waals surface area contributed by atoms with Gasteiger partial charge in [0.15, 0.2) is 0 Å². The number of hydrogen-bond donors (Lipinski definition) is 6. The maximum absolute atomic E-state index is 8.52. The van der Waals surface area contributed by atoms with Crippen molar-refractivity contribution in [1.29, 1.82) is 0 Å². The van der Waals surface area contributed by atoms with Crippen LogP contribution in [0.1, 0.15) is 27.7 Å². The first-order chi connectivity index (χ1) is 13.6. The molecule has 2 rings (SSSR count). The topological polar surface area (TPSA) is 257 Å². The molecule has 0 aliphatic heterocycles. The third-order valence-corrected chi connectivity index (χ3v) is 1.87. The molecule has 0 bridgehead atoms. The van der Waals surface area contributed by atoms with Crippen LogP contribution in [0, 0.1) is 27.7 Å². The van der Waals surface area contributed by atoms with Crippen molar-refractivity contribution >= 4 is 33.1 Å². The van der Waals surface area contributed by atoms with Crippen molar-refractivity contribution in [2.24, 2.45) is 0 Å². The molecule has 33 heavy (non-hydrogen) atoms. The molecule has 0 heterocycles. The normalized spacial score (nSPS) is 6.85. The summed E-state index contributed by atoms with van der Waals surface area (Å²) in [5, 5.41) is 0. The number of anilines is 4. The monoisotopic (exact) mass is 576 g/mol. The molecule has 0 saturated carbocycles. The number of hydrogen-bond acceptors (Lipinski definition) is 8. The zero-order valence-electron chi connectivity index (χ0n) is 20.5. The van der Waals surface area contributed by atoms with E-state index in [0.717, 1.165) is 22.7 Å². The van der Waals surface area contributed by atoms with Gasteiger partial charge in [0.25, 0.3) is 0 Å². The van der Waals surface area contributed by atoms with Crippen LogP contribution in [0.5, 0.6) is 0 Å². The predicted molar refractivity (Wildman–Crippen MR) is 137 cm³/mol. The largest absolute Gasteiger partial charge is 2.00 e. The fraction of sp³-hybridized carbons (Fsp3) is 0.200. The molecule has 0 spiro atoms. The second-order valence-corrected chi connectivity index (χ2v) is 4.56. The molecular formula is C20H44Fe2N6O4S. The Bertz CT molecular complexity index is 555. The molecule has 0 aliphatic carbocycles. The standard InChI is InChI=1S/2C6H8N2.4C2H5.2Fe.2H3N.H2O4S/c2*7-5-1-2-6(8)4-3-5;4*1-2;;;;;1-5(2,3)4/h2*1-4H,7-8H2;4*1H2,2H3;;;2*1H3;(H2,1,2,3,4)/q;;4*-1;2*+2;;;. The maximum Gasteiger partial charge on any atom is 2.00 e. The first-order valence-corrected chi connectivity index (χ1v) is 9.63. The smallest absolute Gasteiger partial charge is 0.759 e. The number of nitrogen functional groups attached to an aromatic ring is 4. The van der Waals surface area contributed by atoms with Crippen molar-refractivity contribution in [2.45, 2.75) is 27.7 Å². The van der Waals surface area contributed by atoms with Crippen molar-refractivity contribution in [1.82, 2.24) is 12.3 Å². The molecule has 10 nitrogen and oxygen atoms in total. The van der Waals surface area contributed by atoms with Gasteiger partial charge in [-0.3, -0.25) is 8.42 Å². The van der Waals surface area contributed by atoms with E-state index < -0.39 is 10.4 Å². The summed E-state index contributed by atoms with van der Waals surface area (Å²) in [5.74, 6) is 0. The van der Waals surface area contributed by atoms with Crippen molar-refractivity contribution in [3.05, 3.63) is 76.2 Å². The minimum atomic E-state index is -5.17. The molecule has 2 aromatic rings. The van der Waals surface area contributed by atoms with E-state index >= 15 is 0 Å². The van der Waals surface area contributed by atoms with Crippen LogP contribution >= 0.6 is 0 Å². The second kappa shape index (κ2) is 44.2. The summed E-state index contributed by atoms with van der Waals surface area (Å²) in [7, 11) is -5.17. The van der Waals surface area contributed by atoms with Crippen LogP contribution in [0.2, 0.25) is 0 Å². The van der Waals surface area contributed by atoms with Crippen LogP contribution < -0.4 is 35.2 Å². The van der Waals surface area contributed by atoms with Crippen LogP contribution in [0.25, 0.3) is 0 Å². The van der Waals surface area contributed by atoms with E-state index in [1.54, 1.807) is 76.2 Å². The van der Waals surface area contributed by atoms with E-state index in [2.05, 4.69) is 27.7 Å². The average Bonchev–Trinajstić information content (AvgIpc) is 2.72. The fourth-order valence-electron chi connectivity index (χ4n) is 0.992. The molecule has 13 heteroatoms. The number of quaternary nitrogens is 2. The van der Waals surface area contributed by atoms with E-state index in [9.17, 15) is 0 Å². The van der Waals surface area contributed by atoms with Gasteiger partial charge in [0.2, 0.25) is 0 Å². The van der Waals surface area contributed by atoms with Crippen LogP contribution in [0.4, 0.5) is 22.7 Å². The van der Waals surface area contributed by atoms with Gasteiger partial charge in [0, 0.05) is 33.1 Å². The van der Waals surface area contributed by atoms with E-state index in [0.29, 0.717) is 0 Å². The summed E-state index contributed by atoms with van der Waals surface area (Å²) in [5.41, 5.74) is 24.5. The maximum atomic E-state index is 8.52. The molecule has 0 unspecified atom stereocenters. The molecule has 16 N–H and O–H groups in total. The average molecular weight is 576 g/mol. The van der Waals surface area contributed by atoms with Crippen LogP contribution in [-0.2, 0) is 44.5 Å². The Kier molecular flexibility index (Phi) is 77.5. The quantitative estimate of drug-likeness (QED) is 0.0854. The molecule has 0 aromatic heterocycles. The van der Waals surface area contributed by atoms with Crippen molar-refractivity contribution in [3.8, 4) is 0 Å². The Morgan fingerprint density at radius 1 is 0.515 bits per heavy atom. The molecule has 0 amide bonds. The molecular weight excluding hydrogens is 532 g/mol. The van der Waals surface area contributed by atoms with Gasteiger partial charge >= 0.3 is 34.1 Å². The van der Waals surface area contributed by atoms with Crippen molar-refractivity contribution in [3.63, 3.8) is 0 Å². The Labute approximate surface area is 223 Å². The Hall–Kier alpha value is -1.53. The zero-order chi connectivity index (χ0) is 24.5. The second-order valence-electron chi connectivity index (χ2n) is 3.74. The number of rotatable bonds is 0. The van der Waals surface area contributed by atoms with E-state index in [-0.39, 0.29) is 46.4 Å². The van der Waals surface area contributed by atoms with Crippen LogP contribution in [-0.4, -0.2) is 17.5 Å². The van der Waals surface area contributed by atoms with Gasteiger partial charge in [-0.1, -0.05) is 0 Å². The predicted octanol–water partition coefficient (Wildman–Crippen LogP) is 4.47. The zero-order valence-corrected chi connectivity index (χ0v) is 23.5. The molecule has 200 valence electrons. The van der Waals surface area contributed by atoms with Gasteiger partial charge in [0.1, 0.15) is 0 Å². The van der Waals surface area contributed by atoms with Crippen molar-refractivity contribution in [2.75, 3.05) is 22.9 Å². The Morgan fingerprint density at radius 2 is 0.576 bits per heavy atom.